The molecule has 0 atom stereocenters. The second-order valence-corrected chi connectivity index (χ2v) is 4.30. The normalized spacial score (nSPS) is 10.5. The molecule has 0 saturated carbocycles. The number of aromatic nitrogens is 1. The van der Waals surface area contributed by atoms with Crippen molar-refractivity contribution >= 4 is 22.7 Å². The number of anilines is 1. The molecule has 0 aliphatic rings. The molecule has 3 aromatic rings. The molecule has 2 aromatic carbocycles. The van der Waals surface area contributed by atoms with Crippen molar-refractivity contribution in [1.29, 1.82) is 0 Å². The summed E-state index contributed by atoms with van der Waals surface area (Å²) in [5, 5.41) is 2.65. The lowest BCUT2D eigenvalue weighted by Crippen LogP contribution is -2.20. The average Bonchev–Trinajstić information content (AvgIpc) is 2.94. The highest BCUT2D eigenvalue weighted by molar-refractivity contribution is 5.93. The molecule has 6 heteroatoms. The van der Waals surface area contributed by atoms with Crippen LogP contribution in [-0.2, 0) is 4.79 Å². The number of para-hydroxylation sites is 1. The number of carbonyl (C=O) groups excluding carboxylic acids is 1. The van der Waals surface area contributed by atoms with E-state index in [0.29, 0.717) is 16.8 Å². The molecule has 0 bridgehead atoms. The van der Waals surface area contributed by atoms with Gasteiger partial charge in [-0.2, -0.15) is 0 Å². The zero-order valence-corrected chi connectivity index (χ0v) is 10.9. The van der Waals surface area contributed by atoms with Gasteiger partial charge < -0.3 is 14.5 Å². The molecule has 0 saturated heterocycles. The summed E-state index contributed by atoms with van der Waals surface area (Å²) in [5.74, 6) is -0.852. The third-order valence-corrected chi connectivity index (χ3v) is 2.81. The summed E-state index contributed by atoms with van der Waals surface area (Å²) in [6.07, 6.45) is 1.33. The summed E-state index contributed by atoms with van der Waals surface area (Å²) < 4.78 is 23.6. The number of nitrogens with one attached hydrogen (secondary N) is 1. The lowest BCUT2D eigenvalue weighted by Gasteiger charge is -2.08. The second kappa shape index (κ2) is 5.62. The monoisotopic (exact) mass is 286 g/mol. The number of hydrogen-bond acceptors (Lipinski definition) is 4. The third kappa shape index (κ3) is 3.00. The van der Waals surface area contributed by atoms with Crippen LogP contribution in [0.1, 0.15) is 0 Å². The molecule has 0 spiro atoms. The lowest BCUT2D eigenvalue weighted by atomic mass is 10.3. The highest BCUT2D eigenvalue weighted by Gasteiger charge is 2.07. The van der Waals surface area contributed by atoms with Crippen LogP contribution >= 0.6 is 0 Å². The largest absolute Gasteiger partial charge is 0.481 e. The Kier molecular flexibility index (Phi) is 3.51. The predicted octanol–water partition coefficient (Wildman–Crippen LogP) is 2.98. The fourth-order valence-corrected chi connectivity index (χ4v) is 1.84. The van der Waals surface area contributed by atoms with Crippen LogP contribution in [0.3, 0.4) is 0 Å². The van der Waals surface area contributed by atoms with Gasteiger partial charge in [0.05, 0.1) is 0 Å². The zero-order valence-electron chi connectivity index (χ0n) is 10.9. The van der Waals surface area contributed by atoms with E-state index in [9.17, 15) is 9.18 Å². The Hall–Kier alpha value is -2.89. The highest BCUT2D eigenvalue weighted by Crippen LogP contribution is 2.18. The van der Waals surface area contributed by atoms with Crippen LogP contribution in [0.25, 0.3) is 11.1 Å². The maximum Gasteiger partial charge on any atom is 0.262 e. The molecule has 0 aliphatic carbocycles. The molecule has 1 aromatic heterocycles. The summed E-state index contributed by atoms with van der Waals surface area (Å²) in [6.45, 7) is -0.280. The molecule has 0 fully saturated rings. The molecule has 1 amide bonds. The molecule has 0 unspecified atom stereocenters. The number of nitrogens with zero attached hydrogens (tertiary/aromatic N) is 1. The quantitative estimate of drug-likeness (QED) is 0.800. The smallest absolute Gasteiger partial charge is 0.262 e. The highest BCUT2D eigenvalue weighted by atomic mass is 19.1. The SMILES string of the molecule is O=C(COc1ccccc1F)Nc1ccc2ocnc2c1. The van der Waals surface area contributed by atoms with Crippen LogP contribution in [0.4, 0.5) is 10.1 Å². The van der Waals surface area contributed by atoms with Crippen molar-refractivity contribution in [1.82, 2.24) is 4.98 Å². The fraction of sp³-hybridized carbons (Fsp3) is 0.0667. The Bertz CT molecular complexity index is 785. The molecular weight excluding hydrogens is 275 g/mol. The first kappa shape index (κ1) is 13.1. The first-order chi connectivity index (χ1) is 10.2. The van der Waals surface area contributed by atoms with Crippen molar-refractivity contribution in [3.8, 4) is 5.75 Å². The van der Waals surface area contributed by atoms with Gasteiger partial charge in [0.25, 0.3) is 5.91 Å². The van der Waals surface area contributed by atoms with Gasteiger partial charge in [-0.3, -0.25) is 4.79 Å². The van der Waals surface area contributed by atoms with Crippen molar-refractivity contribution < 1.29 is 18.3 Å². The summed E-state index contributed by atoms with van der Waals surface area (Å²) in [6, 6.07) is 11.0. The van der Waals surface area contributed by atoms with Gasteiger partial charge in [-0.25, -0.2) is 9.37 Å². The summed E-state index contributed by atoms with van der Waals surface area (Å²) in [5.41, 5.74) is 1.84. The number of halogens is 1. The molecule has 1 heterocycles. The van der Waals surface area contributed by atoms with Crippen molar-refractivity contribution in [3.63, 3.8) is 0 Å². The van der Waals surface area contributed by atoms with Crippen LogP contribution in [0, 0.1) is 5.82 Å². The predicted molar refractivity (Wildman–Crippen MR) is 74.5 cm³/mol. The van der Waals surface area contributed by atoms with Crippen LogP contribution < -0.4 is 10.1 Å². The maximum absolute atomic E-state index is 13.3. The van der Waals surface area contributed by atoms with E-state index in [-0.39, 0.29) is 18.3 Å². The van der Waals surface area contributed by atoms with E-state index in [4.69, 9.17) is 9.15 Å². The Labute approximate surface area is 119 Å². The Morgan fingerprint density at radius 3 is 3.00 bits per heavy atom. The van der Waals surface area contributed by atoms with Gasteiger partial charge in [-0.1, -0.05) is 12.1 Å². The van der Waals surface area contributed by atoms with Gasteiger partial charge in [0, 0.05) is 5.69 Å². The fourth-order valence-electron chi connectivity index (χ4n) is 1.84. The molecule has 5 nitrogen and oxygen atoms in total. The first-order valence-corrected chi connectivity index (χ1v) is 6.23. The van der Waals surface area contributed by atoms with Crippen LogP contribution in [-0.4, -0.2) is 17.5 Å². The number of rotatable bonds is 4. The van der Waals surface area contributed by atoms with Crippen LogP contribution in [0.15, 0.2) is 53.3 Å². The Morgan fingerprint density at radius 2 is 2.14 bits per heavy atom. The number of oxazole rings is 1. The number of benzene rings is 2. The summed E-state index contributed by atoms with van der Waals surface area (Å²) in [7, 11) is 0. The second-order valence-electron chi connectivity index (χ2n) is 4.30. The molecule has 21 heavy (non-hydrogen) atoms. The minimum Gasteiger partial charge on any atom is -0.481 e. The first-order valence-electron chi connectivity index (χ1n) is 6.23. The van der Waals surface area contributed by atoms with Crippen molar-refractivity contribution in [2.45, 2.75) is 0 Å². The van der Waals surface area contributed by atoms with E-state index in [1.54, 1.807) is 30.3 Å². The van der Waals surface area contributed by atoms with Crippen LogP contribution in [0.2, 0.25) is 0 Å². The minimum absolute atomic E-state index is 0.0413. The van der Waals surface area contributed by atoms with E-state index in [1.807, 2.05) is 0 Å². The van der Waals surface area contributed by atoms with E-state index < -0.39 is 5.82 Å². The number of hydrogen-bond donors (Lipinski definition) is 1. The number of carbonyl (C=O) groups is 1. The minimum atomic E-state index is -0.505. The van der Waals surface area contributed by atoms with Gasteiger partial charge in [0.1, 0.15) is 5.52 Å². The zero-order chi connectivity index (χ0) is 14.7. The van der Waals surface area contributed by atoms with Crippen LogP contribution in [0.5, 0.6) is 5.75 Å². The third-order valence-electron chi connectivity index (χ3n) is 2.81. The van der Waals surface area contributed by atoms with E-state index in [2.05, 4.69) is 10.3 Å². The van der Waals surface area contributed by atoms with Gasteiger partial charge in [-0.05, 0) is 30.3 Å². The molecule has 106 valence electrons. The molecule has 0 aliphatic heterocycles. The van der Waals surface area contributed by atoms with Crippen molar-refractivity contribution in [2.75, 3.05) is 11.9 Å². The Balaban J connectivity index is 1.62. The summed E-state index contributed by atoms with van der Waals surface area (Å²) >= 11 is 0. The number of amides is 1. The van der Waals surface area contributed by atoms with Gasteiger partial charge in [0.2, 0.25) is 0 Å². The van der Waals surface area contributed by atoms with E-state index >= 15 is 0 Å². The maximum atomic E-state index is 13.3. The number of fused-ring (bicyclic) bond motifs is 1. The van der Waals surface area contributed by atoms with Gasteiger partial charge >= 0.3 is 0 Å². The van der Waals surface area contributed by atoms with Crippen molar-refractivity contribution in [3.05, 3.63) is 54.7 Å². The molecule has 1 N–H and O–H groups in total. The molecule has 0 radical (unpaired) electrons. The van der Waals surface area contributed by atoms with E-state index in [0.717, 1.165) is 0 Å². The van der Waals surface area contributed by atoms with Gasteiger partial charge in [0.15, 0.2) is 30.2 Å². The molecular formula is C15H11FN2O3. The topological polar surface area (TPSA) is 64.4 Å². The van der Waals surface area contributed by atoms with Crippen molar-refractivity contribution in [2.24, 2.45) is 0 Å². The summed E-state index contributed by atoms with van der Waals surface area (Å²) in [4.78, 5) is 15.8. The van der Waals surface area contributed by atoms with Gasteiger partial charge in [-0.15, -0.1) is 0 Å². The van der Waals surface area contributed by atoms with E-state index in [1.165, 1.54) is 18.5 Å². The lowest BCUT2D eigenvalue weighted by molar-refractivity contribution is -0.118. The molecule has 3 rings (SSSR count). The standard InChI is InChI=1S/C15H11FN2O3/c16-11-3-1-2-4-13(11)20-8-15(19)18-10-5-6-14-12(7-10)17-9-21-14/h1-7,9H,8H2,(H,18,19). The Morgan fingerprint density at radius 1 is 1.29 bits per heavy atom. The number of ether oxygens (including phenoxy) is 1. The average molecular weight is 286 g/mol.